The van der Waals surface area contributed by atoms with Gasteiger partial charge in [-0.05, 0) is 19.6 Å². The van der Waals surface area contributed by atoms with Crippen LogP contribution in [0.15, 0.2) is 0 Å². The van der Waals surface area contributed by atoms with Crippen LogP contribution in [0.3, 0.4) is 0 Å². The number of ether oxygens (including phenoxy) is 1. The minimum absolute atomic E-state index is 0.144. The highest BCUT2D eigenvalue weighted by Gasteiger charge is 2.43. The number of thioether (sulfide) groups is 1. The summed E-state index contributed by atoms with van der Waals surface area (Å²) >= 11 is 7.11. The van der Waals surface area contributed by atoms with Gasteiger partial charge in [0.15, 0.2) is 0 Å². The first-order valence-corrected chi connectivity index (χ1v) is 6.56. The summed E-state index contributed by atoms with van der Waals surface area (Å²) in [6.07, 6.45) is -1.60. The molecule has 0 saturated carbocycles. The van der Waals surface area contributed by atoms with Crippen LogP contribution in [0.5, 0.6) is 0 Å². The molecule has 0 aliphatic carbocycles. The third-order valence-electron chi connectivity index (χ3n) is 2.46. The molecule has 0 aromatic heterocycles. The standard InChI is InChI=1S/C9H17ClO4S/c1-4(10)3-5-6(11)7(12)8(13)9(14-5)15-2/h4-9,11-13H,3H2,1-2H3/t4-,5+,6-,7?,8+,9+/m0/s1. The van der Waals surface area contributed by atoms with E-state index >= 15 is 0 Å². The van der Waals surface area contributed by atoms with Crippen molar-refractivity contribution in [1.82, 2.24) is 0 Å². The molecule has 0 amide bonds. The van der Waals surface area contributed by atoms with Crippen LogP contribution in [-0.4, -0.2) is 56.8 Å². The van der Waals surface area contributed by atoms with Crippen LogP contribution in [-0.2, 0) is 4.74 Å². The van der Waals surface area contributed by atoms with Gasteiger partial charge in [0.05, 0.1) is 6.10 Å². The first-order chi connectivity index (χ1) is 6.97. The first-order valence-electron chi connectivity index (χ1n) is 4.84. The van der Waals surface area contributed by atoms with Crippen molar-refractivity contribution in [2.24, 2.45) is 0 Å². The number of hydrogen-bond acceptors (Lipinski definition) is 5. The van der Waals surface area contributed by atoms with Crippen LogP contribution >= 0.6 is 23.4 Å². The zero-order valence-electron chi connectivity index (χ0n) is 8.71. The predicted molar refractivity (Wildman–Crippen MR) is 60.1 cm³/mol. The minimum Gasteiger partial charge on any atom is -0.388 e. The van der Waals surface area contributed by atoms with Crippen LogP contribution in [0.25, 0.3) is 0 Å². The number of aliphatic hydroxyl groups is 3. The van der Waals surface area contributed by atoms with Crippen molar-refractivity contribution < 1.29 is 20.1 Å². The Morgan fingerprint density at radius 3 is 2.33 bits per heavy atom. The maximum Gasteiger partial charge on any atom is 0.132 e. The number of halogens is 1. The van der Waals surface area contributed by atoms with E-state index in [2.05, 4.69) is 0 Å². The van der Waals surface area contributed by atoms with E-state index in [1.165, 1.54) is 11.8 Å². The fourth-order valence-electron chi connectivity index (χ4n) is 1.63. The zero-order valence-corrected chi connectivity index (χ0v) is 10.3. The lowest BCUT2D eigenvalue weighted by atomic mass is 9.97. The average molecular weight is 257 g/mol. The number of alkyl halides is 1. The number of aliphatic hydroxyl groups excluding tert-OH is 3. The third-order valence-corrected chi connectivity index (χ3v) is 3.49. The molecule has 6 atom stereocenters. The van der Waals surface area contributed by atoms with Crippen LogP contribution < -0.4 is 0 Å². The summed E-state index contributed by atoms with van der Waals surface area (Å²) in [7, 11) is 0. The minimum atomic E-state index is -1.17. The molecule has 4 nitrogen and oxygen atoms in total. The van der Waals surface area contributed by atoms with Gasteiger partial charge in [-0.3, -0.25) is 0 Å². The molecule has 0 spiro atoms. The maximum absolute atomic E-state index is 9.67. The lowest BCUT2D eigenvalue weighted by Gasteiger charge is -2.40. The molecule has 0 bridgehead atoms. The molecule has 1 aliphatic rings. The lowest BCUT2D eigenvalue weighted by Crippen LogP contribution is -2.56. The van der Waals surface area contributed by atoms with E-state index in [0.717, 1.165) is 0 Å². The van der Waals surface area contributed by atoms with E-state index in [9.17, 15) is 15.3 Å². The maximum atomic E-state index is 9.67. The van der Waals surface area contributed by atoms with Gasteiger partial charge >= 0.3 is 0 Å². The fourth-order valence-corrected chi connectivity index (χ4v) is 2.50. The molecule has 0 aromatic rings. The predicted octanol–water partition coefficient (Wildman–Crippen LogP) is 0.174. The SMILES string of the molecule is CS[C@H]1O[C@H](C[C@H](C)Cl)[C@H](O)C(O)[C@H]1O. The summed E-state index contributed by atoms with van der Waals surface area (Å²) in [6, 6.07) is 0. The van der Waals surface area contributed by atoms with Crippen LogP contribution in [0.2, 0.25) is 0 Å². The van der Waals surface area contributed by atoms with E-state index < -0.39 is 29.9 Å². The Morgan fingerprint density at radius 1 is 1.27 bits per heavy atom. The third kappa shape index (κ3) is 3.22. The van der Waals surface area contributed by atoms with Crippen molar-refractivity contribution >= 4 is 23.4 Å². The number of hydrogen-bond donors (Lipinski definition) is 3. The van der Waals surface area contributed by atoms with E-state index in [1.54, 1.807) is 13.2 Å². The Morgan fingerprint density at radius 2 is 1.87 bits per heavy atom. The van der Waals surface area contributed by atoms with E-state index in [4.69, 9.17) is 16.3 Å². The van der Waals surface area contributed by atoms with Gasteiger partial charge in [0.1, 0.15) is 23.7 Å². The average Bonchev–Trinajstić information content (AvgIpc) is 2.18. The second kappa shape index (κ2) is 5.70. The second-order valence-electron chi connectivity index (χ2n) is 3.77. The van der Waals surface area contributed by atoms with Gasteiger partial charge < -0.3 is 20.1 Å². The molecule has 0 aromatic carbocycles. The van der Waals surface area contributed by atoms with Gasteiger partial charge in [0, 0.05) is 5.38 Å². The normalized spacial score (nSPS) is 44.0. The summed E-state index contributed by atoms with van der Waals surface area (Å²) < 4.78 is 5.46. The van der Waals surface area contributed by atoms with E-state index in [1.807, 2.05) is 0 Å². The molecular formula is C9H17ClO4S. The highest BCUT2D eigenvalue weighted by Crippen LogP contribution is 2.29. The molecular weight excluding hydrogens is 240 g/mol. The molecule has 1 aliphatic heterocycles. The van der Waals surface area contributed by atoms with E-state index in [-0.39, 0.29) is 5.38 Å². The van der Waals surface area contributed by atoms with Crippen molar-refractivity contribution in [2.45, 2.75) is 48.6 Å². The van der Waals surface area contributed by atoms with Crippen LogP contribution in [0.4, 0.5) is 0 Å². The largest absolute Gasteiger partial charge is 0.388 e. The van der Waals surface area contributed by atoms with Crippen molar-refractivity contribution in [3.63, 3.8) is 0 Å². The van der Waals surface area contributed by atoms with E-state index in [0.29, 0.717) is 6.42 Å². The molecule has 1 heterocycles. The smallest absolute Gasteiger partial charge is 0.132 e. The molecule has 6 heteroatoms. The summed E-state index contributed by atoms with van der Waals surface area (Å²) in [4.78, 5) is 0. The molecule has 90 valence electrons. The summed E-state index contributed by atoms with van der Waals surface area (Å²) in [5.41, 5.74) is -0.510. The van der Waals surface area contributed by atoms with Gasteiger partial charge in [0.25, 0.3) is 0 Å². The Hall–Kier alpha value is 0.480. The lowest BCUT2D eigenvalue weighted by molar-refractivity contribution is -0.198. The van der Waals surface area contributed by atoms with Crippen molar-refractivity contribution in [2.75, 3.05) is 6.26 Å². The molecule has 0 radical (unpaired) electrons. The van der Waals surface area contributed by atoms with Crippen molar-refractivity contribution in [3.8, 4) is 0 Å². The monoisotopic (exact) mass is 256 g/mol. The Bertz CT molecular complexity index is 203. The quantitative estimate of drug-likeness (QED) is 0.629. The summed E-state index contributed by atoms with van der Waals surface area (Å²) in [6.45, 7) is 1.79. The van der Waals surface area contributed by atoms with Gasteiger partial charge in [-0.15, -0.1) is 23.4 Å². The van der Waals surface area contributed by atoms with Crippen LogP contribution in [0, 0.1) is 0 Å². The van der Waals surface area contributed by atoms with Crippen molar-refractivity contribution in [3.05, 3.63) is 0 Å². The second-order valence-corrected chi connectivity index (χ2v) is 5.45. The first kappa shape index (κ1) is 13.5. The van der Waals surface area contributed by atoms with Gasteiger partial charge in [0.2, 0.25) is 0 Å². The topological polar surface area (TPSA) is 69.9 Å². The Kier molecular flexibility index (Phi) is 5.15. The summed E-state index contributed by atoms with van der Waals surface area (Å²) in [5, 5.41) is 28.7. The van der Waals surface area contributed by atoms with Crippen molar-refractivity contribution in [1.29, 1.82) is 0 Å². The highest BCUT2D eigenvalue weighted by atomic mass is 35.5. The molecule has 1 unspecified atom stereocenters. The van der Waals surface area contributed by atoms with Gasteiger partial charge in [-0.1, -0.05) is 0 Å². The summed E-state index contributed by atoms with van der Waals surface area (Å²) in [5.74, 6) is 0. The molecule has 15 heavy (non-hydrogen) atoms. The highest BCUT2D eigenvalue weighted by molar-refractivity contribution is 7.99. The molecule has 1 saturated heterocycles. The Balaban J connectivity index is 2.65. The Labute approximate surface area is 98.6 Å². The fraction of sp³-hybridized carbons (Fsp3) is 1.00. The van der Waals surface area contributed by atoms with Gasteiger partial charge in [-0.2, -0.15) is 0 Å². The molecule has 3 N–H and O–H groups in total. The van der Waals surface area contributed by atoms with Crippen LogP contribution in [0.1, 0.15) is 13.3 Å². The number of rotatable bonds is 3. The van der Waals surface area contributed by atoms with Gasteiger partial charge in [-0.25, -0.2) is 0 Å². The molecule has 1 rings (SSSR count). The molecule has 1 fully saturated rings. The zero-order chi connectivity index (χ0) is 11.6.